The van der Waals surface area contributed by atoms with Crippen LogP contribution in [0.3, 0.4) is 0 Å². The van der Waals surface area contributed by atoms with Crippen molar-refractivity contribution in [3.8, 4) is 11.1 Å². The fourth-order valence-corrected chi connectivity index (χ4v) is 9.26. The second-order valence-corrected chi connectivity index (χ2v) is 16.9. The van der Waals surface area contributed by atoms with E-state index in [-0.39, 0.29) is 12.0 Å². The average Bonchev–Trinajstić information content (AvgIpc) is 3.38. The number of nitrogens with one attached hydrogen (secondary N) is 1. The second kappa shape index (κ2) is 21.4. The van der Waals surface area contributed by atoms with Crippen molar-refractivity contribution >= 4 is 17.1 Å². The molecule has 62 heavy (non-hydrogen) atoms. The minimum Gasteiger partial charge on any atom is -0.364 e. The molecule has 1 aliphatic carbocycles. The zero-order valence-electron chi connectivity index (χ0n) is 36.6. The van der Waals surface area contributed by atoms with Crippen LogP contribution in [0.4, 0.5) is 11.4 Å². The van der Waals surface area contributed by atoms with E-state index in [2.05, 4.69) is 181 Å². The molecule has 0 radical (unpaired) electrons. The van der Waals surface area contributed by atoms with Gasteiger partial charge in [-0.3, -0.25) is 0 Å². The molecule has 4 aromatic carbocycles. The Morgan fingerprint density at radius 1 is 0.823 bits per heavy atom. The van der Waals surface area contributed by atoms with Crippen molar-refractivity contribution in [3.05, 3.63) is 230 Å². The first-order valence-electron chi connectivity index (χ1n) is 22.5. The number of allylic oxidation sites excluding steroid dienone is 9. The molecule has 0 fully saturated rings. The number of fused-ring (bicyclic) bond motifs is 2. The Labute approximate surface area is 372 Å². The summed E-state index contributed by atoms with van der Waals surface area (Å²) in [6, 6.07) is 38.9. The van der Waals surface area contributed by atoms with Gasteiger partial charge in [0.05, 0.1) is 11.8 Å². The van der Waals surface area contributed by atoms with Crippen LogP contribution in [0.5, 0.6) is 0 Å². The fraction of sp³-hybridized carbons (Fsp3) is 0.259. The number of hydrogen-bond acceptors (Lipinski definition) is 4. The predicted octanol–water partition coefficient (Wildman–Crippen LogP) is 14.8. The highest BCUT2D eigenvalue weighted by atomic mass is 15.4. The monoisotopic (exact) mass is 817 g/mol. The van der Waals surface area contributed by atoms with Gasteiger partial charge in [0.2, 0.25) is 6.29 Å². The predicted molar refractivity (Wildman–Crippen MR) is 267 cm³/mol. The minimum absolute atomic E-state index is 0.199. The Kier molecular flexibility index (Phi) is 15.1. The van der Waals surface area contributed by atoms with E-state index in [1.807, 2.05) is 12.2 Å². The largest absolute Gasteiger partial charge is 0.364 e. The van der Waals surface area contributed by atoms with Crippen molar-refractivity contribution in [2.45, 2.75) is 76.5 Å². The molecule has 0 aromatic heterocycles. The Hall–Kier alpha value is -6.39. The molecule has 0 amide bonds. The van der Waals surface area contributed by atoms with Crippen LogP contribution in [0.2, 0.25) is 0 Å². The molecule has 0 saturated heterocycles. The number of rotatable bonds is 18. The fourth-order valence-electron chi connectivity index (χ4n) is 9.26. The van der Waals surface area contributed by atoms with E-state index in [9.17, 15) is 0 Å². The van der Waals surface area contributed by atoms with Crippen LogP contribution in [0.15, 0.2) is 224 Å². The topological polar surface area (TPSA) is 30.9 Å². The molecule has 2 aliphatic heterocycles. The van der Waals surface area contributed by atoms with E-state index in [0.29, 0.717) is 5.92 Å². The first kappa shape index (κ1) is 43.7. The number of anilines is 2. The van der Waals surface area contributed by atoms with Crippen molar-refractivity contribution < 1.29 is 0 Å². The SMILES string of the molecule is C=CCCC(=C)CC/C=C\C[C@H](CC(=C)N(C(=C)C=C)[C@@H]1N=C(c2ccc(-c3ccccc3)cc2)c2ccccc2N1)/C1=C/C(=C)C2CCC=CC2N(c2ccccc2)CCC1. The van der Waals surface area contributed by atoms with Crippen LogP contribution < -0.4 is 10.2 Å². The van der Waals surface area contributed by atoms with Crippen molar-refractivity contribution in [1.82, 2.24) is 4.90 Å². The first-order chi connectivity index (χ1) is 30.3. The number of para-hydroxylation sites is 2. The number of nitrogens with zero attached hydrogens (tertiary/aromatic N) is 3. The molecule has 0 bridgehead atoms. The average molecular weight is 817 g/mol. The zero-order valence-corrected chi connectivity index (χ0v) is 36.6. The van der Waals surface area contributed by atoms with Crippen LogP contribution >= 0.6 is 0 Å². The molecule has 3 aliphatic rings. The minimum atomic E-state index is -0.469. The van der Waals surface area contributed by atoms with Crippen LogP contribution in [-0.4, -0.2) is 29.5 Å². The summed E-state index contributed by atoms with van der Waals surface area (Å²) in [6.45, 7) is 27.5. The number of aliphatic imine (C=N–C) groups is 1. The Balaban J connectivity index is 1.19. The second-order valence-electron chi connectivity index (χ2n) is 16.9. The van der Waals surface area contributed by atoms with Crippen molar-refractivity contribution in [3.63, 3.8) is 0 Å². The summed E-state index contributed by atoms with van der Waals surface area (Å²) in [4.78, 5) is 10.2. The van der Waals surface area contributed by atoms with Gasteiger partial charge in [0, 0.05) is 46.4 Å². The first-order valence-corrected chi connectivity index (χ1v) is 22.5. The van der Waals surface area contributed by atoms with Crippen LogP contribution in [0.1, 0.15) is 75.3 Å². The molecule has 0 spiro atoms. The van der Waals surface area contributed by atoms with Crippen LogP contribution in [0, 0.1) is 11.8 Å². The molecule has 0 saturated carbocycles. The van der Waals surface area contributed by atoms with E-state index in [0.717, 1.165) is 105 Å². The third-order valence-electron chi connectivity index (χ3n) is 12.6. The lowest BCUT2D eigenvalue weighted by molar-refractivity contribution is 0.336. The molecule has 2 unspecified atom stereocenters. The van der Waals surface area contributed by atoms with E-state index >= 15 is 0 Å². The van der Waals surface area contributed by atoms with Gasteiger partial charge in [0.15, 0.2) is 0 Å². The van der Waals surface area contributed by atoms with Gasteiger partial charge in [-0.2, -0.15) is 0 Å². The summed E-state index contributed by atoms with van der Waals surface area (Å²) in [5.74, 6) is 0.539. The van der Waals surface area contributed by atoms with Gasteiger partial charge in [0.25, 0.3) is 0 Å². The van der Waals surface area contributed by atoms with E-state index in [4.69, 9.17) is 18.2 Å². The summed E-state index contributed by atoms with van der Waals surface area (Å²) in [5.41, 5.74) is 13.4. The molecular formula is C58H64N4. The lowest BCUT2D eigenvalue weighted by Crippen LogP contribution is -2.41. The number of hydrogen-bond donors (Lipinski definition) is 1. The molecule has 4 heteroatoms. The van der Waals surface area contributed by atoms with Gasteiger partial charge in [-0.05, 0) is 111 Å². The zero-order chi connectivity index (χ0) is 43.3. The molecule has 4 aromatic rings. The van der Waals surface area contributed by atoms with Gasteiger partial charge in [0.1, 0.15) is 0 Å². The summed E-state index contributed by atoms with van der Waals surface area (Å²) in [6.07, 6.45) is 25.1. The third-order valence-corrected chi connectivity index (χ3v) is 12.6. The van der Waals surface area contributed by atoms with Crippen molar-refractivity contribution in [2.24, 2.45) is 16.8 Å². The van der Waals surface area contributed by atoms with E-state index in [1.165, 1.54) is 33.5 Å². The standard InChI is InChI=1S/C58H64N4/c1-7-9-24-43(3)25-13-10-16-28-51(50-29-23-40-61(52-30-17-12-18-31-52)56-35-22-20-32-53(56)44(4)41-50)42-46(6)62(45(5)8-2)58-59-55-34-21-19-33-54(55)57(60-58)49-38-36-48(37-39-49)47-26-14-11-15-27-47/h7-8,10-12,14-19,21-22,26-27,30-31,33-39,41,51,53,56,58-59H,1-6,9,13,20,23-25,28-29,32,40,42H2/b16-10-,50-41+/t51-,53?,56?,58+/m1/s1. The Bertz CT molecular complexity index is 2340. The van der Waals surface area contributed by atoms with Gasteiger partial charge < -0.3 is 15.1 Å². The molecule has 1 N–H and O–H groups in total. The van der Waals surface area contributed by atoms with E-state index in [1.54, 1.807) is 0 Å². The molecule has 4 nitrogen and oxygen atoms in total. The summed E-state index contributed by atoms with van der Waals surface area (Å²) in [7, 11) is 0. The molecule has 4 atom stereocenters. The maximum absolute atomic E-state index is 5.46. The van der Waals surface area contributed by atoms with Gasteiger partial charge in [-0.15, -0.1) is 6.58 Å². The van der Waals surface area contributed by atoms with E-state index < -0.39 is 6.29 Å². The summed E-state index contributed by atoms with van der Waals surface area (Å²) in [5, 5.41) is 3.75. The Morgan fingerprint density at radius 3 is 2.27 bits per heavy atom. The van der Waals surface area contributed by atoms with Crippen molar-refractivity contribution in [1.29, 1.82) is 0 Å². The highest BCUT2D eigenvalue weighted by molar-refractivity contribution is 6.17. The maximum atomic E-state index is 5.46. The lowest BCUT2D eigenvalue weighted by Gasteiger charge is -2.39. The van der Waals surface area contributed by atoms with Crippen LogP contribution in [0.25, 0.3) is 11.1 Å². The lowest BCUT2D eigenvalue weighted by atomic mass is 9.80. The molecule has 2 heterocycles. The summed E-state index contributed by atoms with van der Waals surface area (Å²) < 4.78 is 0. The van der Waals surface area contributed by atoms with Crippen molar-refractivity contribution in [2.75, 3.05) is 16.8 Å². The third kappa shape index (κ3) is 10.7. The number of benzene rings is 4. The van der Waals surface area contributed by atoms with Crippen LogP contribution in [-0.2, 0) is 0 Å². The van der Waals surface area contributed by atoms with Gasteiger partial charge >= 0.3 is 0 Å². The highest BCUT2D eigenvalue weighted by Crippen LogP contribution is 2.39. The quantitative estimate of drug-likeness (QED) is 0.0802. The molecular weight excluding hydrogens is 753 g/mol. The smallest absolute Gasteiger partial charge is 0.201 e. The molecule has 316 valence electrons. The molecule has 7 rings (SSSR count). The highest BCUT2D eigenvalue weighted by Gasteiger charge is 2.32. The normalized spacial score (nSPS) is 19.8. The van der Waals surface area contributed by atoms with Gasteiger partial charge in [-0.25, -0.2) is 4.99 Å². The maximum Gasteiger partial charge on any atom is 0.201 e. The van der Waals surface area contributed by atoms with Gasteiger partial charge in [-0.1, -0.05) is 171 Å². The summed E-state index contributed by atoms with van der Waals surface area (Å²) >= 11 is 0. The Morgan fingerprint density at radius 2 is 1.52 bits per heavy atom.